The van der Waals surface area contributed by atoms with Crippen LogP contribution in [0.5, 0.6) is 0 Å². The number of fused-ring (bicyclic) bond motifs is 3. The second-order valence-corrected chi connectivity index (χ2v) is 7.18. The van der Waals surface area contributed by atoms with Crippen molar-refractivity contribution in [2.24, 2.45) is 0 Å². The van der Waals surface area contributed by atoms with Crippen molar-refractivity contribution in [3.8, 4) is 0 Å². The molecule has 26 heavy (non-hydrogen) atoms. The predicted molar refractivity (Wildman–Crippen MR) is 130 cm³/mol. The molecule has 2 aromatic heterocycles. The van der Waals surface area contributed by atoms with E-state index >= 15 is 0 Å². The lowest BCUT2D eigenvalue weighted by Gasteiger charge is -2.11. The van der Waals surface area contributed by atoms with E-state index in [0.717, 1.165) is 54.5 Å². The van der Waals surface area contributed by atoms with Crippen LogP contribution in [0.25, 0.3) is 21.8 Å². The Bertz CT molecular complexity index is 779. The third-order valence-corrected chi connectivity index (χ3v) is 5.95. The molecule has 0 bridgehead atoms. The minimum atomic E-state index is 0.739. The molecule has 6 heteroatoms. The Morgan fingerprint density at radius 1 is 0.615 bits per heavy atom. The molecule has 0 atom stereocenters. The Morgan fingerprint density at radius 3 is 1.23 bits per heavy atom. The van der Waals surface area contributed by atoms with Crippen LogP contribution in [0.15, 0.2) is 24.3 Å². The SMILES string of the molecule is BrCc1cc(CBr)c2ccc3c(CBr)cc(CBr)nc3c2n1.CC.CC. The van der Waals surface area contributed by atoms with Gasteiger partial charge in [0.25, 0.3) is 0 Å². The zero-order valence-corrected chi connectivity index (χ0v) is 21.9. The van der Waals surface area contributed by atoms with E-state index in [1.54, 1.807) is 0 Å². The van der Waals surface area contributed by atoms with Gasteiger partial charge in [-0.25, -0.2) is 9.97 Å². The lowest BCUT2D eigenvalue weighted by Crippen LogP contribution is -1.97. The quantitative estimate of drug-likeness (QED) is 0.219. The molecule has 0 aliphatic heterocycles. The minimum Gasteiger partial charge on any atom is -0.250 e. The summed E-state index contributed by atoms with van der Waals surface area (Å²) < 4.78 is 0. The Balaban J connectivity index is 0.000000791. The highest BCUT2D eigenvalue weighted by atomic mass is 79.9. The molecule has 0 radical (unpaired) electrons. The summed E-state index contributed by atoms with van der Waals surface area (Å²) in [5.41, 5.74) is 6.50. The number of pyridine rings is 2. The molecule has 0 unspecified atom stereocenters. The number of alkyl halides is 4. The molecule has 1 aromatic carbocycles. The van der Waals surface area contributed by atoms with Gasteiger partial charge in [0, 0.05) is 32.1 Å². The summed E-state index contributed by atoms with van der Waals surface area (Å²) in [6.45, 7) is 8.00. The van der Waals surface area contributed by atoms with Crippen LogP contribution in [-0.2, 0) is 21.3 Å². The van der Waals surface area contributed by atoms with Crippen LogP contribution < -0.4 is 0 Å². The fourth-order valence-corrected chi connectivity index (χ4v) is 4.09. The molecule has 0 aliphatic rings. The molecule has 2 heterocycles. The zero-order valence-electron chi connectivity index (χ0n) is 15.5. The van der Waals surface area contributed by atoms with Crippen molar-refractivity contribution in [3.05, 3.63) is 46.8 Å². The normalized spacial score (nSPS) is 10.2. The van der Waals surface area contributed by atoms with Gasteiger partial charge in [-0.1, -0.05) is 104 Å². The van der Waals surface area contributed by atoms with E-state index in [1.807, 2.05) is 27.7 Å². The van der Waals surface area contributed by atoms with Crippen LogP contribution in [0, 0.1) is 0 Å². The van der Waals surface area contributed by atoms with E-state index in [-0.39, 0.29) is 0 Å². The minimum absolute atomic E-state index is 0.739. The van der Waals surface area contributed by atoms with Gasteiger partial charge in [0.15, 0.2) is 0 Å². The molecule has 0 fully saturated rings. The average Bonchev–Trinajstić information content (AvgIpc) is 2.74. The van der Waals surface area contributed by atoms with Gasteiger partial charge in [-0.15, -0.1) is 0 Å². The van der Waals surface area contributed by atoms with E-state index < -0.39 is 0 Å². The van der Waals surface area contributed by atoms with Crippen LogP contribution in [0.1, 0.15) is 50.2 Å². The first-order chi connectivity index (χ1) is 12.7. The van der Waals surface area contributed by atoms with Gasteiger partial charge in [-0.3, -0.25) is 0 Å². The van der Waals surface area contributed by atoms with Crippen molar-refractivity contribution >= 4 is 85.5 Å². The van der Waals surface area contributed by atoms with E-state index in [2.05, 4.69) is 88.0 Å². The molecule has 3 aromatic rings. The van der Waals surface area contributed by atoms with E-state index in [0.29, 0.717) is 0 Å². The first kappa shape index (κ1) is 24.0. The number of aromatic nitrogens is 2. The maximum Gasteiger partial charge on any atom is 0.0971 e. The highest BCUT2D eigenvalue weighted by molar-refractivity contribution is 9.09. The maximum absolute atomic E-state index is 4.82. The number of halogens is 4. The number of nitrogens with zero attached hydrogens (tertiary/aromatic N) is 2. The summed E-state index contributed by atoms with van der Waals surface area (Å²) in [5.74, 6) is 0. The van der Waals surface area contributed by atoms with Gasteiger partial charge in [0.2, 0.25) is 0 Å². The lowest BCUT2D eigenvalue weighted by molar-refractivity contribution is 1.19. The maximum atomic E-state index is 4.82. The highest BCUT2D eigenvalue weighted by Gasteiger charge is 2.12. The molecule has 0 N–H and O–H groups in total. The van der Waals surface area contributed by atoms with Crippen molar-refractivity contribution in [2.75, 3.05) is 0 Å². The smallest absolute Gasteiger partial charge is 0.0971 e. The van der Waals surface area contributed by atoms with Crippen LogP contribution in [0.4, 0.5) is 0 Å². The van der Waals surface area contributed by atoms with E-state index in [9.17, 15) is 0 Å². The largest absolute Gasteiger partial charge is 0.250 e. The third kappa shape index (κ3) is 5.27. The zero-order chi connectivity index (χ0) is 19.7. The van der Waals surface area contributed by atoms with Gasteiger partial charge in [0.05, 0.1) is 22.4 Å². The van der Waals surface area contributed by atoms with Gasteiger partial charge >= 0.3 is 0 Å². The summed E-state index contributed by atoms with van der Waals surface area (Å²) in [5, 5.41) is 5.41. The number of rotatable bonds is 4. The summed E-state index contributed by atoms with van der Waals surface area (Å²) >= 11 is 14.2. The second kappa shape index (κ2) is 12.4. The fourth-order valence-electron chi connectivity index (χ4n) is 2.59. The number of hydrogen-bond donors (Lipinski definition) is 0. The average molecular weight is 612 g/mol. The topological polar surface area (TPSA) is 25.8 Å². The Kier molecular flexibility index (Phi) is 11.5. The monoisotopic (exact) mass is 608 g/mol. The van der Waals surface area contributed by atoms with Gasteiger partial charge in [-0.2, -0.15) is 0 Å². The first-order valence-corrected chi connectivity index (χ1v) is 13.2. The van der Waals surface area contributed by atoms with Crippen molar-refractivity contribution in [2.45, 2.75) is 49.0 Å². The molecular formula is C20H24Br4N2. The molecule has 0 saturated carbocycles. The van der Waals surface area contributed by atoms with E-state index in [1.165, 1.54) is 11.1 Å². The Hall–Kier alpha value is -0.0400. The van der Waals surface area contributed by atoms with Crippen molar-refractivity contribution in [1.29, 1.82) is 0 Å². The lowest BCUT2D eigenvalue weighted by atomic mass is 10.0. The second-order valence-electron chi connectivity index (χ2n) is 4.94. The third-order valence-electron chi connectivity index (χ3n) is 3.60. The van der Waals surface area contributed by atoms with Gasteiger partial charge < -0.3 is 0 Å². The molecule has 0 saturated heterocycles. The predicted octanol–water partition coefficient (Wildman–Crippen LogP) is 8.42. The number of hydrogen-bond acceptors (Lipinski definition) is 2. The molecule has 2 nitrogen and oxygen atoms in total. The standard InChI is InChI=1S/C16H12Br4N2.2C2H6/c17-5-9-3-11(7-19)21-15-13(9)1-2-14-10(6-18)4-12(8-20)22-16(14)15;2*1-2/h1-4H,5-8H2;2*1-2H3. The Morgan fingerprint density at radius 2 is 0.962 bits per heavy atom. The summed E-state index contributed by atoms with van der Waals surface area (Å²) in [7, 11) is 0. The first-order valence-electron chi connectivity index (χ1n) is 8.69. The Labute approximate surface area is 190 Å². The molecule has 0 amide bonds. The van der Waals surface area contributed by atoms with Crippen molar-refractivity contribution in [3.63, 3.8) is 0 Å². The molecule has 3 rings (SSSR count). The fraction of sp³-hybridized carbons (Fsp3) is 0.400. The summed E-state index contributed by atoms with van der Waals surface area (Å²) in [4.78, 5) is 9.64. The van der Waals surface area contributed by atoms with Crippen LogP contribution >= 0.6 is 63.7 Å². The highest BCUT2D eigenvalue weighted by Crippen LogP contribution is 2.30. The van der Waals surface area contributed by atoms with Crippen LogP contribution in [0.3, 0.4) is 0 Å². The van der Waals surface area contributed by atoms with Crippen LogP contribution in [-0.4, -0.2) is 9.97 Å². The molecular weight excluding hydrogens is 588 g/mol. The summed E-state index contributed by atoms with van der Waals surface area (Å²) in [6.07, 6.45) is 0. The van der Waals surface area contributed by atoms with Crippen molar-refractivity contribution in [1.82, 2.24) is 9.97 Å². The van der Waals surface area contributed by atoms with E-state index in [4.69, 9.17) is 9.97 Å². The molecule has 0 aliphatic carbocycles. The van der Waals surface area contributed by atoms with Crippen LogP contribution in [0.2, 0.25) is 0 Å². The molecule has 0 spiro atoms. The number of benzene rings is 1. The summed E-state index contributed by atoms with van der Waals surface area (Å²) in [6, 6.07) is 8.58. The van der Waals surface area contributed by atoms with Gasteiger partial charge in [0.1, 0.15) is 0 Å². The van der Waals surface area contributed by atoms with Crippen molar-refractivity contribution < 1.29 is 0 Å². The van der Waals surface area contributed by atoms with Gasteiger partial charge in [-0.05, 0) is 23.3 Å². The molecule has 142 valence electrons.